The average molecular weight is 474 g/mol. The van der Waals surface area contributed by atoms with Crippen molar-refractivity contribution in [3.8, 4) is 0 Å². The summed E-state index contributed by atoms with van der Waals surface area (Å²) in [4.78, 5) is 46.3. The predicted molar refractivity (Wildman–Crippen MR) is 126 cm³/mol. The zero-order valence-electron chi connectivity index (χ0n) is 19.2. The zero-order valence-corrected chi connectivity index (χ0v) is 19.2. The number of rotatable bonds is 5. The van der Waals surface area contributed by atoms with E-state index in [9.17, 15) is 18.8 Å². The molecule has 0 N–H and O–H groups in total. The maximum absolute atomic E-state index is 13.7. The first-order chi connectivity index (χ1) is 16.9. The highest BCUT2D eigenvalue weighted by Gasteiger charge is 2.60. The molecule has 8 heteroatoms. The number of esters is 1. The third kappa shape index (κ3) is 3.85. The third-order valence-corrected chi connectivity index (χ3v) is 6.32. The van der Waals surface area contributed by atoms with Crippen molar-refractivity contribution in [3.63, 3.8) is 0 Å². The molecule has 3 aromatic rings. The van der Waals surface area contributed by atoms with Crippen LogP contribution in [0.5, 0.6) is 0 Å². The minimum absolute atomic E-state index is 0.243. The van der Waals surface area contributed by atoms with Crippen LogP contribution in [0.15, 0.2) is 72.8 Å². The highest BCUT2D eigenvalue weighted by molar-refractivity contribution is 6.24. The van der Waals surface area contributed by atoms with Gasteiger partial charge in [0, 0.05) is 0 Å². The Morgan fingerprint density at radius 2 is 1.66 bits per heavy atom. The molecule has 7 nitrogen and oxygen atoms in total. The van der Waals surface area contributed by atoms with E-state index in [0.29, 0.717) is 16.8 Å². The Balaban J connectivity index is 1.52. The van der Waals surface area contributed by atoms with Gasteiger partial charge >= 0.3 is 5.97 Å². The van der Waals surface area contributed by atoms with Crippen molar-refractivity contribution in [2.24, 2.45) is 5.92 Å². The SMILES string of the molecule is CCOC(=O)c1ccc(N2C(=O)[C@@H]3[C@@H](ON(c4ccccc4C)[C@H]3c3ccc(F)cc3)C2=O)cc1. The van der Waals surface area contributed by atoms with Gasteiger partial charge in [-0.2, -0.15) is 0 Å². The number of aryl methyl sites for hydroxylation is 1. The van der Waals surface area contributed by atoms with Crippen LogP contribution in [0.4, 0.5) is 15.8 Å². The van der Waals surface area contributed by atoms with Gasteiger partial charge in [0.25, 0.3) is 5.91 Å². The van der Waals surface area contributed by atoms with Crippen LogP contribution < -0.4 is 9.96 Å². The quantitative estimate of drug-likeness (QED) is 0.404. The van der Waals surface area contributed by atoms with E-state index in [1.807, 2.05) is 31.2 Å². The summed E-state index contributed by atoms with van der Waals surface area (Å²) < 4.78 is 18.7. The van der Waals surface area contributed by atoms with Gasteiger partial charge in [0.05, 0.1) is 29.6 Å². The van der Waals surface area contributed by atoms with E-state index < -0.39 is 41.7 Å². The molecule has 0 bridgehead atoms. The number of ether oxygens (including phenoxy) is 1. The van der Waals surface area contributed by atoms with E-state index in [1.54, 1.807) is 24.1 Å². The number of halogens is 1. The van der Waals surface area contributed by atoms with Gasteiger partial charge in [-0.1, -0.05) is 30.3 Å². The topological polar surface area (TPSA) is 76.2 Å². The summed E-state index contributed by atoms with van der Waals surface area (Å²) in [5.41, 5.74) is 2.95. The van der Waals surface area contributed by atoms with Crippen molar-refractivity contribution in [3.05, 3.63) is 95.3 Å². The second-order valence-corrected chi connectivity index (χ2v) is 8.44. The van der Waals surface area contributed by atoms with Gasteiger partial charge in [-0.15, -0.1) is 0 Å². The predicted octanol–water partition coefficient (Wildman–Crippen LogP) is 4.36. The fourth-order valence-corrected chi connectivity index (χ4v) is 4.65. The number of nitrogens with zero attached hydrogens (tertiary/aromatic N) is 2. The largest absolute Gasteiger partial charge is 0.462 e. The average Bonchev–Trinajstić information content (AvgIpc) is 3.36. The molecule has 0 aromatic heterocycles. The third-order valence-electron chi connectivity index (χ3n) is 6.32. The van der Waals surface area contributed by atoms with Crippen LogP contribution in [0.3, 0.4) is 0 Å². The van der Waals surface area contributed by atoms with Crippen LogP contribution in [0.1, 0.15) is 34.5 Å². The fourth-order valence-electron chi connectivity index (χ4n) is 4.65. The minimum Gasteiger partial charge on any atom is -0.462 e. The van der Waals surface area contributed by atoms with Crippen LogP contribution in [0.2, 0.25) is 0 Å². The smallest absolute Gasteiger partial charge is 0.338 e. The molecular weight excluding hydrogens is 451 g/mol. The van der Waals surface area contributed by atoms with E-state index in [1.165, 1.54) is 36.4 Å². The molecule has 2 saturated heterocycles. The number of carbonyl (C=O) groups excluding carboxylic acids is 3. The molecule has 35 heavy (non-hydrogen) atoms. The number of imide groups is 1. The van der Waals surface area contributed by atoms with E-state index in [4.69, 9.17) is 9.57 Å². The molecule has 178 valence electrons. The molecule has 0 saturated carbocycles. The highest BCUT2D eigenvalue weighted by atomic mass is 19.1. The highest BCUT2D eigenvalue weighted by Crippen LogP contribution is 2.48. The summed E-state index contributed by atoms with van der Waals surface area (Å²) in [5, 5.41) is 1.59. The maximum Gasteiger partial charge on any atom is 0.338 e. The summed E-state index contributed by atoms with van der Waals surface area (Å²) in [5.74, 6) is -2.63. The Morgan fingerprint density at radius 1 is 0.971 bits per heavy atom. The summed E-state index contributed by atoms with van der Waals surface area (Å²) in [6.45, 7) is 3.87. The molecule has 3 aromatic carbocycles. The Bertz CT molecular complexity index is 1290. The number of hydrogen-bond acceptors (Lipinski definition) is 6. The second kappa shape index (κ2) is 8.96. The van der Waals surface area contributed by atoms with Crippen LogP contribution in [-0.2, 0) is 19.2 Å². The second-order valence-electron chi connectivity index (χ2n) is 8.44. The first kappa shape index (κ1) is 22.7. The van der Waals surface area contributed by atoms with Crippen LogP contribution in [0.25, 0.3) is 0 Å². The molecule has 0 unspecified atom stereocenters. The lowest BCUT2D eigenvalue weighted by Crippen LogP contribution is -2.37. The summed E-state index contributed by atoms with van der Waals surface area (Å²) in [6, 6.07) is 18.8. The molecule has 2 heterocycles. The Hall–Kier alpha value is -4.04. The van der Waals surface area contributed by atoms with E-state index >= 15 is 0 Å². The molecule has 2 aliphatic rings. The monoisotopic (exact) mass is 474 g/mol. The van der Waals surface area contributed by atoms with Crippen LogP contribution in [0, 0.1) is 18.7 Å². The lowest BCUT2D eigenvalue weighted by atomic mass is 9.90. The fraction of sp³-hybridized carbons (Fsp3) is 0.222. The van der Waals surface area contributed by atoms with Crippen molar-refractivity contribution in [1.29, 1.82) is 0 Å². The lowest BCUT2D eigenvalue weighted by molar-refractivity contribution is -0.126. The molecule has 2 aliphatic heterocycles. The van der Waals surface area contributed by atoms with Gasteiger partial charge in [-0.25, -0.2) is 19.1 Å². The van der Waals surface area contributed by atoms with Crippen molar-refractivity contribution >= 4 is 29.2 Å². The van der Waals surface area contributed by atoms with Gasteiger partial charge in [0.1, 0.15) is 11.7 Å². The molecule has 2 fully saturated rings. The van der Waals surface area contributed by atoms with Crippen LogP contribution in [-0.4, -0.2) is 30.5 Å². The number of carbonyl (C=O) groups is 3. The van der Waals surface area contributed by atoms with Crippen LogP contribution >= 0.6 is 0 Å². The number of benzene rings is 3. The summed E-state index contributed by atoms with van der Waals surface area (Å²) in [6.07, 6.45) is -1.04. The minimum atomic E-state index is -1.04. The molecule has 5 rings (SSSR count). The molecule has 0 radical (unpaired) electrons. The standard InChI is InChI=1S/C27H23FN2O5/c1-3-34-27(33)18-10-14-20(15-11-18)29-25(31)22-23(17-8-12-19(28)13-9-17)30(35-24(22)26(29)32)21-7-5-4-6-16(21)2/h4-15,22-24H,3H2,1-2H3/t22-,23-,24+/m0/s1. The first-order valence-electron chi connectivity index (χ1n) is 11.3. The van der Waals surface area contributed by atoms with Crippen molar-refractivity contribution in [2.45, 2.75) is 26.0 Å². The molecule has 2 amide bonds. The molecule has 3 atom stereocenters. The Kier molecular flexibility index (Phi) is 5.82. The van der Waals surface area contributed by atoms with Gasteiger partial charge in [-0.3, -0.25) is 14.4 Å². The normalized spacial score (nSPS) is 21.4. The molecular formula is C27H23FN2O5. The number of hydrogen-bond donors (Lipinski definition) is 0. The number of amides is 2. The van der Waals surface area contributed by atoms with Crippen molar-refractivity contribution < 1.29 is 28.3 Å². The summed E-state index contributed by atoms with van der Waals surface area (Å²) in [7, 11) is 0. The van der Waals surface area contributed by atoms with Crippen molar-refractivity contribution in [2.75, 3.05) is 16.6 Å². The van der Waals surface area contributed by atoms with Crippen molar-refractivity contribution in [1.82, 2.24) is 0 Å². The number of para-hydroxylation sites is 1. The van der Waals surface area contributed by atoms with E-state index in [-0.39, 0.29) is 6.61 Å². The van der Waals surface area contributed by atoms with Gasteiger partial charge in [-0.05, 0) is 67.4 Å². The Labute approximate surface area is 201 Å². The number of fused-ring (bicyclic) bond motifs is 1. The molecule has 0 spiro atoms. The maximum atomic E-state index is 13.7. The summed E-state index contributed by atoms with van der Waals surface area (Å²) >= 11 is 0. The molecule has 0 aliphatic carbocycles. The number of hydroxylamine groups is 1. The van der Waals surface area contributed by atoms with Gasteiger partial charge in [0.15, 0.2) is 6.10 Å². The van der Waals surface area contributed by atoms with Gasteiger partial charge < -0.3 is 4.74 Å². The first-order valence-corrected chi connectivity index (χ1v) is 11.3. The Morgan fingerprint density at radius 3 is 2.31 bits per heavy atom. The number of anilines is 2. The van der Waals surface area contributed by atoms with E-state index in [0.717, 1.165) is 16.2 Å². The van der Waals surface area contributed by atoms with E-state index in [2.05, 4.69) is 0 Å². The van der Waals surface area contributed by atoms with Gasteiger partial charge in [0.2, 0.25) is 5.91 Å². The lowest BCUT2D eigenvalue weighted by Gasteiger charge is -2.29. The zero-order chi connectivity index (χ0) is 24.7.